The summed E-state index contributed by atoms with van der Waals surface area (Å²) in [5.41, 5.74) is 8.50. The number of benzene rings is 2. The molecule has 0 atom stereocenters. The van der Waals surface area contributed by atoms with Gasteiger partial charge in [-0.25, -0.2) is 0 Å². The van der Waals surface area contributed by atoms with E-state index in [-0.39, 0.29) is 0 Å². The van der Waals surface area contributed by atoms with Gasteiger partial charge in [0.05, 0.1) is 18.0 Å². The van der Waals surface area contributed by atoms with Crippen molar-refractivity contribution < 1.29 is 4.74 Å². The molecule has 0 aliphatic carbocycles. The number of para-hydroxylation sites is 2. The highest BCUT2D eigenvalue weighted by Gasteiger charge is 1.98. The van der Waals surface area contributed by atoms with Gasteiger partial charge in [0.15, 0.2) is 0 Å². The quantitative estimate of drug-likeness (QED) is 0.788. The summed E-state index contributed by atoms with van der Waals surface area (Å²) in [6.45, 7) is 2.65. The molecule has 0 aromatic heterocycles. The Morgan fingerprint density at radius 2 is 1.76 bits per heavy atom. The summed E-state index contributed by atoms with van der Waals surface area (Å²) in [5.74, 6) is 0.874. The van der Waals surface area contributed by atoms with Crippen molar-refractivity contribution in [2.75, 3.05) is 17.7 Å². The molecule has 0 aliphatic heterocycles. The monoisotopic (exact) mass is 228 g/mol. The molecule has 3 heteroatoms. The van der Waals surface area contributed by atoms with Gasteiger partial charge in [0.2, 0.25) is 0 Å². The Labute approximate surface area is 101 Å². The second-order valence-corrected chi connectivity index (χ2v) is 3.67. The highest BCUT2D eigenvalue weighted by atomic mass is 16.5. The zero-order chi connectivity index (χ0) is 12.1. The molecule has 88 valence electrons. The van der Waals surface area contributed by atoms with Crippen LogP contribution in [0.5, 0.6) is 5.75 Å². The van der Waals surface area contributed by atoms with E-state index >= 15 is 0 Å². The first-order valence-corrected chi connectivity index (χ1v) is 5.64. The van der Waals surface area contributed by atoms with Gasteiger partial charge in [-0.2, -0.15) is 0 Å². The van der Waals surface area contributed by atoms with Gasteiger partial charge >= 0.3 is 0 Å². The predicted octanol–water partition coefficient (Wildman–Crippen LogP) is 3.41. The normalized spacial score (nSPS) is 9.94. The summed E-state index contributed by atoms with van der Waals surface area (Å²) >= 11 is 0. The van der Waals surface area contributed by atoms with Gasteiger partial charge in [-0.05, 0) is 43.3 Å². The van der Waals surface area contributed by atoms with Gasteiger partial charge < -0.3 is 15.8 Å². The Balaban J connectivity index is 2.11. The Morgan fingerprint density at radius 3 is 2.41 bits per heavy atom. The molecule has 0 spiro atoms. The summed E-state index contributed by atoms with van der Waals surface area (Å²) < 4.78 is 5.38. The molecule has 17 heavy (non-hydrogen) atoms. The standard InChI is InChI=1S/C14H16N2O/c1-2-17-12-9-7-11(8-10-12)16-14-6-4-3-5-13(14)15/h3-10,16H,2,15H2,1H3. The molecule has 0 radical (unpaired) electrons. The highest BCUT2D eigenvalue weighted by Crippen LogP contribution is 2.23. The fraction of sp³-hybridized carbons (Fsp3) is 0.143. The van der Waals surface area contributed by atoms with E-state index in [4.69, 9.17) is 10.5 Å². The van der Waals surface area contributed by atoms with Crippen molar-refractivity contribution in [3.05, 3.63) is 48.5 Å². The summed E-state index contributed by atoms with van der Waals surface area (Å²) in [4.78, 5) is 0. The molecule has 2 aromatic carbocycles. The Morgan fingerprint density at radius 1 is 1.06 bits per heavy atom. The maximum atomic E-state index is 5.86. The van der Waals surface area contributed by atoms with Crippen molar-refractivity contribution in [1.29, 1.82) is 0 Å². The van der Waals surface area contributed by atoms with Crippen molar-refractivity contribution >= 4 is 17.1 Å². The van der Waals surface area contributed by atoms with E-state index in [0.717, 1.165) is 22.8 Å². The third kappa shape index (κ3) is 2.91. The van der Waals surface area contributed by atoms with Crippen molar-refractivity contribution in [2.24, 2.45) is 0 Å². The minimum Gasteiger partial charge on any atom is -0.494 e. The zero-order valence-corrected chi connectivity index (χ0v) is 9.81. The van der Waals surface area contributed by atoms with Crippen LogP contribution in [-0.4, -0.2) is 6.61 Å². The van der Waals surface area contributed by atoms with E-state index in [1.165, 1.54) is 0 Å². The third-order valence-electron chi connectivity index (χ3n) is 2.41. The Hall–Kier alpha value is -2.16. The van der Waals surface area contributed by atoms with E-state index < -0.39 is 0 Å². The van der Waals surface area contributed by atoms with E-state index in [2.05, 4.69) is 5.32 Å². The number of anilines is 3. The molecule has 3 N–H and O–H groups in total. The summed E-state index contributed by atoms with van der Waals surface area (Å²) in [5, 5.41) is 3.26. The second kappa shape index (κ2) is 5.25. The maximum absolute atomic E-state index is 5.86. The maximum Gasteiger partial charge on any atom is 0.119 e. The minimum atomic E-state index is 0.679. The zero-order valence-electron chi connectivity index (χ0n) is 9.81. The van der Waals surface area contributed by atoms with Crippen LogP contribution in [0.1, 0.15) is 6.92 Å². The van der Waals surface area contributed by atoms with E-state index in [1.807, 2.05) is 55.5 Å². The smallest absolute Gasteiger partial charge is 0.119 e. The lowest BCUT2D eigenvalue weighted by Gasteiger charge is -2.09. The van der Waals surface area contributed by atoms with Gasteiger partial charge in [-0.3, -0.25) is 0 Å². The molecule has 2 rings (SSSR count). The number of ether oxygens (including phenoxy) is 1. The lowest BCUT2D eigenvalue weighted by Crippen LogP contribution is -1.96. The number of nitrogens with two attached hydrogens (primary N) is 1. The van der Waals surface area contributed by atoms with E-state index in [1.54, 1.807) is 0 Å². The average molecular weight is 228 g/mol. The van der Waals surface area contributed by atoms with Crippen LogP contribution in [0.4, 0.5) is 17.1 Å². The fourth-order valence-electron chi connectivity index (χ4n) is 1.57. The van der Waals surface area contributed by atoms with Crippen LogP contribution in [0.2, 0.25) is 0 Å². The second-order valence-electron chi connectivity index (χ2n) is 3.67. The fourth-order valence-corrected chi connectivity index (χ4v) is 1.57. The van der Waals surface area contributed by atoms with Crippen LogP contribution in [-0.2, 0) is 0 Å². The van der Waals surface area contributed by atoms with Crippen LogP contribution < -0.4 is 15.8 Å². The number of nitrogens with one attached hydrogen (secondary N) is 1. The van der Waals surface area contributed by atoms with Crippen LogP contribution in [0.3, 0.4) is 0 Å². The SMILES string of the molecule is CCOc1ccc(Nc2ccccc2N)cc1. The number of nitrogen functional groups attached to an aromatic ring is 1. The van der Waals surface area contributed by atoms with Gasteiger partial charge in [-0.1, -0.05) is 12.1 Å². The summed E-state index contributed by atoms with van der Waals surface area (Å²) in [7, 11) is 0. The van der Waals surface area contributed by atoms with Crippen LogP contribution in [0, 0.1) is 0 Å². The molecule has 0 bridgehead atoms. The molecule has 0 saturated carbocycles. The first-order chi connectivity index (χ1) is 8.29. The van der Waals surface area contributed by atoms with Crippen molar-refractivity contribution in [1.82, 2.24) is 0 Å². The molecule has 0 heterocycles. The van der Waals surface area contributed by atoms with Gasteiger partial charge in [0.25, 0.3) is 0 Å². The predicted molar refractivity (Wildman–Crippen MR) is 71.7 cm³/mol. The van der Waals surface area contributed by atoms with Gasteiger partial charge in [0, 0.05) is 5.69 Å². The van der Waals surface area contributed by atoms with Crippen molar-refractivity contribution in [3.63, 3.8) is 0 Å². The molecule has 0 unspecified atom stereocenters. The molecule has 0 aliphatic rings. The highest BCUT2D eigenvalue weighted by molar-refractivity contribution is 5.72. The molecule has 0 amide bonds. The number of hydrogen-bond donors (Lipinski definition) is 2. The molecule has 0 fully saturated rings. The Bertz CT molecular complexity index is 480. The van der Waals surface area contributed by atoms with E-state index in [0.29, 0.717) is 6.61 Å². The molecular weight excluding hydrogens is 212 g/mol. The van der Waals surface area contributed by atoms with Gasteiger partial charge in [0.1, 0.15) is 5.75 Å². The van der Waals surface area contributed by atoms with Crippen molar-refractivity contribution in [3.8, 4) is 5.75 Å². The lowest BCUT2D eigenvalue weighted by atomic mass is 10.2. The molecule has 3 nitrogen and oxygen atoms in total. The van der Waals surface area contributed by atoms with Gasteiger partial charge in [-0.15, -0.1) is 0 Å². The first kappa shape index (κ1) is 11.3. The molecular formula is C14H16N2O. The van der Waals surface area contributed by atoms with Crippen LogP contribution >= 0.6 is 0 Å². The molecule has 0 saturated heterocycles. The largest absolute Gasteiger partial charge is 0.494 e. The van der Waals surface area contributed by atoms with E-state index in [9.17, 15) is 0 Å². The number of rotatable bonds is 4. The molecule has 2 aromatic rings. The minimum absolute atomic E-state index is 0.679. The summed E-state index contributed by atoms with van der Waals surface area (Å²) in [6.07, 6.45) is 0. The first-order valence-electron chi connectivity index (χ1n) is 5.64. The average Bonchev–Trinajstić information content (AvgIpc) is 2.35. The summed E-state index contributed by atoms with van der Waals surface area (Å²) in [6, 6.07) is 15.5. The number of hydrogen-bond acceptors (Lipinski definition) is 3. The lowest BCUT2D eigenvalue weighted by molar-refractivity contribution is 0.340. The van der Waals surface area contributed by atoms with Crippen LogP contribution in [0.25, 0.3) is 0 Å². The Kier molecular flexibility index (Phi) is 3.50. The van der Waals surface area contributed by atoms with Crippen molar-refractivity contribution in [2.45, 2.75) is 6.92 Å². The van der Waals surface area contributed by atoms with Crippen LogP contribution in [0.15, 0.2) is 48.5 Å². The topological polar surface area (TPSA) is 47.3 Å². The third-order valence-corrected chi connectivity index (χ3v) is 2.41.